The van der Waals surface area contributed by atoms with E-state index in [0.29, 0.717) is 11.5 Å². The van der Waals surface area contributed by atoms with Crippen molar-refractivity contribution < 1.29 is 17.9 Å². The predicted octanol–water partition coefficient (Wildman–Crippen LogP) is 5.42. The van der Waals surface area contributed by atoms with E-state index in [2.05, 4.69) is 26.1 Å². The van der Waals surface area contributed by atoms with E-state index in [1.165, 1.54) is 7.11 Å². The van der Waals surface area contributed by atoms with Crippen molar-refractivity contribution in [3.05, 3.63) is 96.1 Å². The molecule has 0 saturated carbocycles. The lowest BCUT2D eigenvalue weighted by Gasteiger charge is -2.23. The van der Waals surface area contributed by atoms with Gasteiger partial charge in [-0.1, -0.05) is 80.9 Å². The number of benzene rings is 3. The van der Waals surface area contributed by atoms with Gasteiger partial charge in [-0.3, -0.25) is 4.79 Å². The number of carbonyl (C=O) groups excluding carboxylic acids is 1. The number of aromatic nitrogens is 2. The van der Waals surface area contributed by atoms with Crippen molar-refractivity contribution in [2.75, 3.05) is 32.1 Å². The Balaban J connectivity index is 1.62. The smallest absolute Gasteiger partial charge is 0.243 e. The number of methoxy groups -OCH3 is 1. The van der Waals surface area contributed by atoms with Gasteiger partial charge in [0, 0.05) is 25.3 Å². The molecule has 0 saturated heterocycles. The number of rotatable bonds is 10. The Hall–Kier alpha value is -3.79. The molecule has 1 amide bonds. The zero-order valence-corrected chi connectivity index (χ0v) is 24.4. The van der Waals surface area contributed by atoms with E-state index < -0.39 is 15.9 Å². The van der Waals surface area contributed by atoms with E-state index in [0.717, 1.165) is 26.7 Å². The lowest BCUT2D eigenvalue weighted by molar-refractivity contribution is -0.116. The number of hydrogen-bond donors (Lipinski definition) is 1. The summed E-state index contributed by atoms with van der Waals surface area (Å²) in [5, 5.41) is 7.62. The third-order valence-corrected chi connectivity index (χ3v) is 8.41. The van der Waals surface area contributed by atoms with Crippen LogP contribution in [0.15, 0.2) is 89.8 Å². The van der Waals surface area contributed by atoms with Gasteiger partial charge in [-0.25, -0.2) is 13.1 Å². The number of nitrogens with one attached hydrogen (secondary N) is 1. The van der Waals surface area contributed by atoms with Crippen molar-refractivity contribution in [2.45, 2.75) is 38.0 Å². The van der Waals surface area contributed by atoms with Gasteiger partial charge in [0.15, 0.2) is 0 Å². The third-order valence-electron chi connectivity index (χ3n) is 6.55. The highest BCUT2D eigenvalue weighted by atomic mass is 32.2. The molecular formula is C31H36N4O4S. The van der Waals surface area contributed by atoms with Gasteiger partial charge in [-0.15, -0.1) is 0 Å². The second-order valence-corrected chi connectivity index (χ2v) is 12.6. The average molecular weight is 561 g/mol. The molecule has 0 atom stereocenters. The summed E-state index contributed by atoms with van der Waals surface area (Å²) in [6, 6.07) is 26.0. The third kappa shape index (κ3) is 6.85. The highest BCUT2D eigenvalue weighted by Gasteiger charge is 2.28. The first-order chi connectivity index (χ1) is 19.0. The molecule has 40 heavy (non-hydrogen) atoms. The summed E-state index contributed by atoms with van der Waals surface area (Å²) in [7, 11) is -2.46. The predicted molar refractivity (Wildman–Crippen MR) is 158 cm³/mol. The van der Waals surface area contributed by atoms with Crippen LogP contribution in [0.2, 0.25) is 0 Å². The maximum atomic E-state index is 13.6. The Morgan fingerprint density at radius 1 is 0.975 bits per heavy atom. The molecule has 0 fully saturated rings. The number of aryl methyl sites for hydroxylation is 1. The van der Waals surface area contributed by atoms with Crippen LogP contribution in [0.5, 0.6) is 0 Å². The van der Waals surface area contributed by atoms with E-state index in [-0.39, 0.29) is 30.0 Å². The lowest BCUT2D eigenvalue weighted by Crippen LogP contribution is -2.40. The highest BCUT2D eigenvalue weighted by molar-refractivity contribution is 7.89. The fourth-order valence-electron chi connectivity index (χ4n) is 4.20. The molecule has 1 heterocycles. The minimum absolute atomic E-state index is 0.0275. The Labute approximate surface area is 236 Å². The highest BCUT2D eigenvalue weighted by Crippen LogP contribution is 2.26. The molecule has 3 aromatic carbocycles. The van der Waals surface area contributed by atoms with E-state index in [1.807, 2.05) is 73.7 Å². The van der Waals surface area contributed by atoms with Crippen LogP contribution in [0.25, 0.3) is 16.9 Å². The number of hydrogen-bond acceptors (Lipinski definition) is 5. The van der Waals surface area contributed by atoms with Crippen molar-refractivity contribution in [2.24, 2.45) is 0 Å². The second kappa shape index (κ2) is 12.2. The standard InChI is InChI=1S/C31H36N4O4S/c1-23-11-15-26(16-12-23)35-29(21-28(33-35)24-9-7-6-8-10-24)32-30(36)22-34(19-20-39-5)40(37,38)27-17-13-25(14-18-27)31(2,3)4/h6-18,21H,19-20,22H2,1-5H3,(H,32,36). The van der Waals surface area contributed by atoms with Crippen LogP contribution in [0.3, 0.4) is 0 Å². The first kappa shape index (κ1) is 29.2. The van der Waals surface area contributed by atoms with E-state index >= 15 is 0 Å². The minimum Gasteiger partial charge on any atom is -0.383 e. The van der Waals surface area contributed by atoms with Crippen molar-refractivity contribution in [3.8, 4) is 16.9 Å². The van der Waals surface area contributed by atoms with Crippen LogP contribution in [-0.4, -0.2) is 55.2 Å². The first-order valence-corrected chi connectivity index (χ1v) is 14.5. The van der Waals surface area contributed by atoms with Crippen LogP contribution in [0.1, 0.15) is 31.9 Å². The summed E-state index contributed by atoms with van der Waals surface area (Å²) >= 11 is 0. The topological polar surface area (TPSA) is 93.5 Å². The number of sulfonamides is 1. The fourth-order valence-corrected chi connectivity index (χ4v) is 5.58. The Kier molecular flexibility index (Phi) is 8.88. The number of carbonyl (C=O) groups is 1. The Bertz CT molecular complexity index is 1540. The normalized spacial score (nSPS) is 12.1. The molecule has 0 aliphatic carbocycles. The molecule has 4 rings (SSSR count). The maximum Gasteiger partial charge on any atom is 0.243 e. The van der Waals surface area contributed by atoms with Crippen molar-refractivity contribution in [1.82, 2.24) is 14.1 Å². The molecule has 0 spiro atoms. The molecule has 210 valence electrons. The monoisotopic (exact) mass is 560 g/mol. The summed E-state index contributed by atoms with van der Waals surface area (Å²) < 4.78 is 35.1. The molecule has 0 aliphatic rings. The number of nitrogens with zero attached hydrogens (tertiary/aromatic N) is 3. The molecule has 0 radical (unpaired) electrons. The zero-order valence-electron chi connectivity index (χ0n) is 23.6. The number of anilines is 1. The Morgan fingerprint density at radius 3 is 2.23 bits per heavy atom. The molecule has 0 bridgehead atoms. The number of ether oxygens (including phenoxy) is 1. The van der Waals surface area contributed by atoms with Crippen molar-refractivity contribution >= 4 is 21.7 Å². The summed E-state index contributed by atoms with van der Waals surface area (Å²) in [5.41, 5.74) is 4.35. The fraction of sp³-hybridized carbons (Fsp3) is 0.290. The zero-order chi connectivity index (χ0) is 28.9. The van der Waals surface area contributed by atoms with E-state index in [4.69, 9.17) is 9.84 Å². The van der Waals surface area contributed by atoms with E-state index in [1.54, 1.807) is 22.9 Å². The molecule has 1 N–H and O–H groups in total. The van der Waals surface area contributed by atoms with Crippen LogP contribution < -0.4 is 5.32 Å². The summed E-state index contributed by atoms with van der Waals surface area (Å²) in [6.07, 6.45) is 0. The van der Waals surface area contributed by atoms with Gasteiger partial charge in [0.05, 0.1) is 29.4 Å². The summed E-state index contributed by atoms with van der Waals surface area (Å²) in [5.74, 6) is -0.0508. The second-order valence-electron chi connectivity index (χ2n) is 10.7. The number of amides is 1. The summed E-state index contributed by atoms with van der Waals surface area (Å²) in [4.78, 5) is 13.5. The van der Waals surface area contributed by atoms with Gasteiger partial charge in [0.25, 0.3) is 0 Å². The lowest BCUT2D eigenvalue weighted by atomic mass is 9.87. The quantitative estimate of drug-likeness (QED) is 0.280. The summed E-state index contributed by atoms with van der Waals surface area (Å²) in [6.45, 7) is 7.98. The van der Waals surface area contributed by atoms with Gasteiger partial charge in [-0.2, -0.15) is 9.40 Å². The SMILES string of the molecule is COCCN(CC(=O)Nc1cc(-c2ccccc2)nn1-c1ccc(C)cc1)S(=O)(=O)c1ccc(C(C)(C)C)cc1. The van der Waals surface area contributed by atoms with Crippen LogP contribution >= 0.6 is 0 Å². The van der Waals surface area contributed by atoms with Gasteiger partial charge in [-0.05, 0) is 42.2 Å². The molecule has 0 unspecified atom stereocenters. The van der Waals surface area contributed by atoms with Gasteiger partial charge in [0.1, 0.15) is 5.82 Å². The molecule has 0 aliphatic heterocycles. The van der Waals surface area contributed by atoms with E-state index in [9.17, 15) is 13.2 Å². The molecular weight excluding hydrogens is 524 g/mol. The van der Waals surface area contributed by atoms with Crippen LogP contribution in [-0.2, 0) is 25.0 Å². The van der Waals surface area contributed by atoms with Gasteiger partial charge >= 0.3 is 0 Å². The van der Waals surface area contributed by atoms with Crippen molar-refractivity contribution in [1.29, 1.82) is 0 Å². The maximum absolute atomic E-state index is 13.6. The average Bonchev–Trinajstić information content (AvgIpc) is 3.35. The van der Waals surface area contributed by atoms with Crippen LogP contribution in [0.4, 0.5) is 5.82 Å². The minimum atomic E-state index is -3.96. The molecule has 9 heteroatoms. The first-order valence-electron chi connectivity index (χ1n) is 13.1. The largest absolute Gasteiger partial charge is 0.383 e. The van der Waals surface area contributed by atoms with Gasteiger partial charge in [0.2, 0.25) is 15.9 Å². The Morgan fingerprint density at radius 2 is 1.62 bits per heavy atom. The molecule has 1 aromatic heterocycles. The molecule has 4 aromatic rings. The van der Waals surface area contributed by atoms with Crippen molar-refractivity contribution in [3.63, 3.8) is 0 Å². The molecule has 8 nitrogen and oxygen atoms in total. The van der Waals surface area contributed by atoms with Crippen LogP contribution in [0, 0.1) is 6.92 Å². The van der Waals surface area contributed by atoms with Gasteiger partial charge < -0.3 is 10.1 Å².